The van der Waals surface area contributed by atoms with Gasteiger partial charge < -0.3 is 29.0 Å². The third-order valence-corrected chi connectivity index (χ3v) is 8.25. The second kappa shape index (κ2) is 11.9. The molecule has 4 aromatic rings. The summed E-state index contributed by atoms with van der Waals surface area (Å²) < 4.78 is 49.9. The fourth-order valence-corrected chi connectivity index (χ4v) is 5.84. The van der Waals surface area contributed by atoms with Gasteiger partial charge in [0.05, 0.1) is 16.7 Å². The van der Waals surface area contributed by atoms with Crippen LogP contribution in [0.4, 0.5) is 0 Å². The predicted molar refractivity (Wildman–Crippen MR) is 144 cm³/mol. The van der Waals surface area contributed by atoms with Crippen LogP contribution in [0.2, 0.25) is 0 Å². The Morgan fingerprint density at radius 2 is 1.36 bits per heavy atom. The molecular weight excluding hydrogens is 568 g/mol. The largest absolute Gasteiger partial charge is 0.459 e. The van der Waals surface area contributed by atoms with Gasteiger partial charge >= 0.3 is 23.0 Å². The fraction of sp³-hybridized carbons (Fsp3) is 0.172. The van der Waals surface area contributed by atoms with Crippen LogP contribution in [-0.4, -0.2) is 71.4 Å². The molecule has 4 atom stereocenters. The van der Waals surface area contributed by atoms with E-state index in [1.807, 2.05) is 0 Å². The fourth-order valence-electron chi connectivity index (χ4n) is 4.26. The molecule has 0 saturated carbocycles. The van der Waals surface area contributed by atoms with E-state index in [-0.39, 0.29) is 16.7 Å². The number of imidazole rings is 1. The molecule has 0 radical (unpaired) electrons. The van der Waals surface area contributed by atoms with E-state index in [2.05, 4.69) is 9.97 Å². The summed E-state index contributed by atoms with van der Waals surface area (Å²) in [5.74, 6) is -2.91. The highest BCUT2D eigenvalue weighted by Gasteiger charge is 2.68. The number of H-pyrrole nitrogens is 1. The zero-order valence-corrected chi connectivity index (χ0v) is 22.5. The van der Waals surface area contributed by atoms with Crippen molar-refractivity contribution in [1.29, 1.82) is 0 Å². The maximum absolute atomic E-state index is 13.9. The summed E-state index contributed by atoms with van der Waals surface area (Å²) >= 11 is 0. The first-order valence-electron chi connectivity index (χ1n) is 12.6. The van der Waals surface area contributed by atoms with Crippen molar-refractivity contribution in [1.82, 2.24) is 9.97 Å². The molecule has 2 N–H and O–H groups in total. The van der Waals surface area contributed by atoms with Crippen molar-refractivity contribution in [2.45, 2.75) is 28.6 Å². The van der Waals surface area contributed by atoms with Gasteiger partial charge in [-0.3, -0.25) is 0 Å². The number of rotatable bonds is 9. The van der Waals surface area contributed by atoms with E-state index in [0.29, 0.717) is 0 Å². The highest BCUT2D eigenvalue weighted by Crippen LogP contribution is 2.42. The summed E-state index contributed by atoms with van der Waals surface area (Å²) in [6.45, 7) is -0.685. The molecule has 1 aliphatic rings. The summed E-state index contributed by atoms with van der Waals surface area (Å²) in [4.78, 5) is 45.0. The average molecular weight is 593 g/mol. The number of nitrogens with one attached hydrogen (secondary N) is 1. The minimum Gasteiger partial charge on any atom is -0.459 e. The first kappa shape index (κ1) is 28.7. The molecule has 1 aliphatic heterocycles. The van der Waals surface area contributed by atoms with Crippen LogP contribution in [0.1, 0.15) is 31.1 Å². The molecule has 1 aromatic heterocycles. The number of benzene rings is 3. The Kier molecular flexibility index (Phi) is 8.15. The second-order valence-electron chi connectivity index (χ2n) is 9.06. The Morgan fingerprint density at radius 1 is 0.833 bits per heavy atom. The molecule has 0 unspecified atom stereocenters. The minimum absolute atomic E-state index is 0.0564. The summed E-state index contributed by atoms with van der Waals surface area (Å²) in [5, 5.41) is 7.68. The smallest absolute Gasteiger partial charge is 0.355 e. The van der Waals surface area contributed by atoms with Crippen LogP contribution in [0.15, 0.2) is 109 Å². The molecule has 2 heterocycles. The van der Waals surface area contributed by atoms with Crippen molar-refractivity contribution < 1.29 is 46.9 Å². The van der Waals surface area contributed by atoms with E-state index in [4.69, 9.17) is 18.9 Å². The van der Waals surface area contributed by atoms with E-state index in [0.717, 1.165) is 6.20 Å². The Bertz CT molecular complexity index is 1650. The van der Waals surface area contributed by atoms with Gasteiger partial charge in [0, 0.05) is 12.4 Å². The van der Waals surface area contributed by atoms with Crippen LogP contribution in [0.5, 0.6) is 0 Å². The van der Waals surface area contributed by atoms with Gasteiger partial charge in [0.2, 0.25) is 5.16 Å². The van der Waals surface area contributed by atoms with Crippen molar-refractivity contribution in [2.75, 3.05) is 6.61 Å². The monoisotopic (exact) mass is 592 g/mol. The molecule has 216 valence electrons. The molecule has 5 rings (SSSR count). The number of nitrogens with zero attached hydrogens (tertiary/aromatic N) is 1. The molecule has 1 saturated heterocycles. The molecule has 12 nitrogen and oxygen atoms in total. The van der Waals surface area contributed by atoms with Crippen molar-refractivity contribution in [2.24, 2.45) is 0 Å². The summed E-state index contributed by atoms with van der Waals surface area (Å²) in [6, 6.07) is 23.0. The number of aliphatic hydroxyl groups is 1. The van der Waals surface area contributed by atoms with Crippen molar-refractivity contribution in [3.05, 3.63) is 120 Å². The Morgan fingerprint density at radius 3 is 1.88 bits per heavy atom. The Hall–Kier alpha value is -4.85. The normalized spacial score (nSPS) is 21.8. The lowest BCUT2D eigenvalue weighted by atomic mass is 10.1. The zero-order chi connectivity index (χ0) is 29.7. The number of hydrogen-bond donors (Lipinski definition) is 2. The molecule has 0 amide bonds. The van der Waals surface area contributed by atoms with Gasteiger partial charge in [-0.05, 0) is 36.4 Å². The van der Waals surface area contributed by atoms with Crippen LogP contribution in [0.25, 0.3) is 0 Å². The zero-order valence-electron chi connectivity index (χ0n) is 21.7. The van der Waals surface area contributed by atoms with Gasteiger partial charge in [0.15, 0.2) is 12.2 Å². The van der Waals surface area contributed by atoms with E-state index < -0.39 is 62.9 Å². The number of aromatic nitrogens is 2. The molecule has 0 aliphatic carbocycles. The first-order chi connectivity index (χ1) is 20.2. The van der Waals surface area contributed by atoms with Crippen molar-refractivity contribution >= 4 is 27.7 Å². The molecule has 13 heteroatoms. The number of carbonyl (C=O) groups is 3. The maximum Gasteiger partial charge on any atom is 0.355 e. The Labute approximate surface area is 239 Å². The number of aliphatic hydroxyl groups excluding tert-OH is 1. The number of hydrogen-bond acceptors (Lipinski definition) is 11. The highest BCUT2D eigenvalue weighted by molar-refractivity contribution is 7.92. The maximum atomic E-state index is 13.9. The molecule has 42 heavy (non-hydrogen) atoms. The highest BCUT2D eigenvalue weighted by atomic mass is 32.2. The van der Waals surface area contributed by atoms with E-state index >= 15 is 0 Å². The van der Waals surface area contributed by atoms with Crippen LogP contribution in [0, 0.1) is 0 Å². The van der Waals surface area contributed by atoms with Crippen molar-refractivity contribution in [3.8, 4) is 0 Å². The molecular formula is C29H24N2O10S. The number of ether oxygens (including phenoxy) is 4. The van der Waals surface area contributed by atoms with Gasteiger partial charge in [-0.15, -0.1) is 0 Å². The van der Waals surface area contributed by atoms with Gasteiger partial charge in [0.1, 0.15) is 12.7 Å². The lowest BCUT2D eigenvalue weighted by Crippen LogP contribution is -2.53. The SMILES string of the molecule is O=C(OC[C@@H]1O[C@](OC(=O)c2ccccc2)(S(=O)(=O)c2ncc[nH]2)[C@@H](O)[C@H]1OC(=O)c1ccccc1)c1ccccc1. The van der Waals surface area contributed by atoms with E-state index in [1.165, 1.54) is 54.7 Å². The lowest BCUT2D eigenvalue weighted by Gasteiger charge is -2.30. The third kappa shape index (κ3) is 5.52. The number of carbonyl (C=O) groups excluding carboxylic acids is 3. The lowest BCUT2D eigenvalue weighted by molar-refractivity contribution is -0.172. The number of sulfone groups is 1. The predicted octanol–water partition coefficient (Wildman–Crippen LogP) is 2.54. The summed E-state index contributed by atoms with van der Waals surface area (Å²) in [6.07, 6.45) is -3.36. The van der Waals surface area contributed by atoms with Gasteiger partial charge in [-0.1, -0.05) is 54.6 Å². The number of esters is 3. The summed E-state index contributed by atoms with van der Waals surface area (Å²) in [5.41, 5.74) is 0.204. The van der Waals surface area contributed by atoms with E-state index in [1.54, 1.807) is 42.5 Å². The van der Waals surface area contributed by atoms with Crippen molar-refractivity contribution in [3.63, 3.8) is 0 Å². The third-order valence-electron chi connectivity index (χ3n) is 6.34. The standard InChI is InChI=1S/C29H24N2O10S/c32-24-23(39-26(34)20-12-6-2-7-13-20)22(18-38-25(33)19-10-4-1-5-11-19)40-29(24,42(36,37)28-30-16-17-31-28)41-27(35)21-14-8-3-9-15-21/h1-17,22-24,32H,18H2,(H,30,31)/t22-,23-,24-,29+/m0/s1. The minimum atomic E-state index is -4.98. The number of aromatic amines is 1. The molecule has 3 aromatic carbocycles. The molecule has 1 fully saturated rings. The quantitative estimate of drug-likeness (QED) is 0.216. The molecule has 0 spiro atoms. The van der Waals surface area contributed by atoms with Crippen LogP contribution < -0.4 is 0 Å². The van der Waals surface area contributed by atoms with Crippen LogP contribution >= 0.6 is 0 Å². The Balaban J connectivity index is 1.53. The van der Waals surface area contributed by atoms with Crippen LogP contribution in [0.3, 0.4) is 0 Å². The summed E-state index contributed by atoms with van der Waals surface area (Å²) in [7, 11) is -4.98. The van der Waals surface area contributed by atoms with Crippen LogP contribution in [-0.2, 0) is 28.8 Å². The first-order valence-corrected chi connectivity index (χ1v) is 14.1. The van der Waals surface area contributed by atoms with Gasteiger partial charge in [0.25, 0.3) is 9.84 Å². The van der Waals surface area contributed by atoms with Gasteiger partial charge in [-0.25, -0.2) is 27.8 Å². The second-order valence-corrected chi connectivity index (χ2v) is 11.0. The van der Waals surface area contributed by atoms with E-state index in [9.17, 15) is 27.9 Å². The topological polar surface area (TPSA) is 171 Å². The van der Waals surface area contributed by atoms with Gasteiger partial charge in [-0.2, -0.15) is 0 Å². The average Bonchev–Trinajstić information content (AvgIpc) is 3.66. The molecule has 0 bridgehead atoms.